The van der Waals surface area contributed by atoms with E-state index in [0.717, 1.165) is 11.3 Å². The van der Waals surface area contributed by atoms with Gasteiger partial charge < -0.3 is 5.11 Å². The number of anilines is 1. The van der Waals surface area contributed by atoms with Crippen molar-refractivity contribution in [1.82, 2.24) is 4.98 Å². The van der Waals surface area contributed by atoms with Crippen molar-refractivity contribution < 1.29 is 13.5 Å². The molecule has 0 bridgehead atoms. The van der Waals surface area contributed by atoms with Gasteiger partial charge in [0.2, 0.25) is 5.13 Å². The van der Waals surface area contributed by atoms with Crippen LogP contribution < -0.4 is 3.82 Å². The third-order valence-corrected chi connectivity index (χ3v) is 7.30. The Balaban J connectivity index is 1.91. The number of thiazole rings is 1. The summed E-state index contributed by atoms with van der Waals surface area (Å²) in [6, 6.07) is 13.3. The van der Waals surface area contributed by atoms with Gasteiger partial charge in [-0.2, -0.15) is 8.42 Å². The lowest BCUT2D eigenvalue weighted by Crippen LogP contribution is -2.22. The summed E-state index contributed by atoms with van der Waals surface area (Å²) in [5, 5.41) is 12.5. The number of halogens is 2. The van der Waals surface area contributed by atoms with E-state index in [1.54, 1.807) is 54.8 Å². The molecule has 2 aromatic carbocycles. The average molecular weight is 429 g/mol. The molecule has 0 aliphatic heterocycles. The normalized spacial score (nSPS) is 12.8. The third-order valence-electron chi connectivity index (χ3n) is 3.69. The van der Waals surface area contributed by atoms with Gasteiger partial charge in [-0.25, -0.2) is 4.98 Å². The lowest BCUT2D eigenvalue weighted by atomic mass is 10.1. The molecule has 136 valence electrons. The number of nitrogens with zero attached hydrogens (tertiary/aromatic N) is 2. The van der Waals surface area contributed by atoms with E-state index in [-0.39, 0.29) is 15.7 Å². The second-order valence-electron chi connectivity index (χ2n) is 5.50. The smallest absolute Gasteiger partial charge is 0.280 e. The Morgan fingerprint density at radius 3 is 2.62 bits per heavy atom. The lowest BCUT2D eigenvalue weighted by Gasteiger charge is -2.14. The van der Waals surface area contributed by atoms with Crippen LogP contribution in [0.15, 0.2) is 58.8 Å². The Labute approximate surface area is 165 Å². The molecule has 26 heavy (non-hydrogen) atoms. The third kappa shape index (κ3) is 3.72. The highest BCUT2D eigenvalue weighted by Gasteiger charge is 2.28. The molecule has 9 heteroatoms. The van der Waals surface area contributed by atoms with Crippen LogP contribution in [0.1, 0.15) is 22.9 Å². The minimum absolute atomic E-state index is 0.0472. The molecule has 0 saturated carbocycles. The fourth-order valence-electron chi connectivity index (χ4n) is 2.37. The van der Waals surface area contributed by atoms with Crippen LogP contribution in [0.4, 0.5) is 5.13 Å². The molecule has 0 fully saturated rings. The Hall–Kier alpha value is -1.64. The molecule has 1 aromatic heterocycles. The highest BCUT2D eigenvalue weighted by atomic mass is 35.5. The minimum atomic E-state index is -3.96. The van der Waals surface area contributed by atoms with E-state index in [4.69, 9.17) is 23.4 Å². The van der Waals surface area contributed by atoms with Crippen LogP contribution in [0, 0.1) is 6.92 Å². The van der Waals surface area contributed by atoms with Crippen molar-refractivity contribution in [1.29, 1.82) is 0 Å². The zero-order chi connectivity index (χ0) is 18.9. The van der Waals surface area contributed by atoms with Crippen molar-refractivity contribution in [2.45, 2.75) is 17.9 Å². The standard InChI is InChI=1S/C17H14Cl2N2O3S2/c1-11-5-2-3-8-15(11)26(23,24)21(19)17-20-14(10-25-17)16(22)12-6-4-7-13(18)9-12/h2-10,16,22H,1H3. The summed E-state index contributed by atoms with van der Waals surface area (Å²) in [4.78, 5) is 4.28. The topological polar surface area (TPSA) is 70.5 Å². The maximum atomic E-state index is 12.7. The summed E-state index contributed by atoms with van der Waals surface area (Å²) in [7, 11) is -3.96. The van der Waals surface area contributed by atoms with Crippen LogP contribution in [0.25, 0.3) is 0 Å². The highest BCUT2D eigenvalue weighted by Crippen LogP contribution is 2.33. The largest absolute Gasteiger partial charge is 0.382 e. The molecular formula is C17H14Cl2N2O3S2. The van der Waals surface area contributed by atoms with E-state index in [0.29, 0.717) is 20.0 Å². The summed E-state index contributed by atoms with van der Waals surface area (Å²) < 4.78 is 26.1. The van der Waals surface area contributed by atoms with Gasteiger partial charge in [0.25, 0.3) is 10.0 Å². The first-order valence-electron chi connectivity index (χ1n) is 7.46. The molecule has 5 nitrogen and oxygen atoms in total. The quantitative estimate of drug-likeness (QED) is 0.605. The SMILES string of the molecule is Cc1ccccc1S(=O)(=O)N(Cl)c1nc(C(O)c2cccc(Cl)c2)cs1. The van der Waals surface area contributed by atoms with Gasteiger partial charge in [0.05, 0.1) is 10.6 Å². The summed E-state index contributed by atoms with van der Waals surface area (Å²) in [5.41, 5.74) is 1.42. The van der Waals surface area contributed by atoms with Crippen LogP contribution in [0.5, 0.6) is 0 Å². The summed E-state index contributed by atoms with van der Waals surface area (Å²) in [5.74, 6) is 0. The van der Waals surface area contributed by atoms with Crippen LogP contribution in [0.2, 0.25) is 5.02 Å². The first-order valence-corrected chi connectivity index (χ1v) is 10.5. The number of aliphatic hydroxyl groups is 1. The fourth-order valence-corrected chi connectivity index (χ4v) is 5.16. The van der Waals surface area contributed by atoms with Gasteiger partial charge in [-0.15, -0.1) is 15.2 Å². The lowest BCUT2D eigenvalue weighted by molar-refractivity contribution is 0.216. The van der Waals surface area contributed by atoms with Gasteiger partial charge in [-0.05, 0) is 36.2 Å². The number of hydrogen-bond acceptors (Lipinski definition) is 5. The number of aromatic nitrogens is 1. The maximum absolute atomic E-state index is 12.7. The van der Waals surface area contributed by atoms with E-state index in [9.17, 15) is 13.5 Å². The monoisotopic (exact) mass is 428 g/mol. The molecule has 1 N–H and O–H groups in total. The Morgan fingerprint density at radius 2 is 1.92 bits per heavy atom. The molecule has 1 unspecified atom stereocenters. The van der Waals surface area contributed by atoms with Crippen molar-refractivity contribution in [3.05, 3.63) is 75.8 Å². The molecule has 1 heterocycles. The highest BCUT2D eigenvalue weighted by molar-refractivity contribution is 7.94. The second kappa shape index (κ2) is 7.54. The molecule has 0 spiro atoms. The van der Waals surface area contributed by atoms with E-state index in [1.807, 2.05) is 0 Å². The van der Waals surface area contributed by atoms with Crippen LogP contribution in [0.3, 0.4) is 0 Å². The zero-order valence-electron chi connectivity index (χ0n) is 13.5. The number of sulfonamides is 1. The van der Waals surface area contributed by atoms with Crippen LogP contribution >= 0.6 is 34.7 Å². The van der Waals surface area contributed by atoms with Gasteiger partial charge in [-0.1, -0.05) is 41.9 Å². The van der Waals surface area contributed by atoms with Gasteiger partial charge >= 0.3 is 0 Å². The van der Waals surface area contributed by atoms with E-state index >= 15 is 0 Å². The van der Waals surface area contributed by atoms with Gasteiger partial charge in [0.15, 0.2) is 0 Å². The Morgan fingerprint density at radius 1 is 1.19 bits per heavy atom. The molecule has 3 aromatic rings. The van der Waals surface area contributed by atoms with Gasteiger partial charge in [0.1, 0.15) is 6.10 Å². The van der Waals surface area contributed by atoms with Crippen molar-refractivity contribution in [2.24, 2.45) is 0 Å². The van der Waals surface area contributed by atoms with E-state index in [2.05, 4.69) is 4.98 Å². The van der Waals surface area contributed by atoms with E-state index < -0.39 is 16.1 Å². The molecule has 0 radical (unpaired) electrons. The number of aliphatic hydroxyl groups excluding tert-OH is 1. The molecule has 0 aliphatic rings. The zero-order valence-corrected chi connectivity index (χ0v) is 16.6. The number of rotatable bonds is 5. The Bertz CT molecular complexity index is 1040. The molecule has 0 aliphatic carbocycles. The van der Waals surface area contributed by atoms with E-state index in [1.165, 1.54) is 6.07 Å². The molecule has 3 rings (SSSR count). The molecule has 0 saturated heterocycles. The molecule has 0 amide bonds. The summed E-state index contributed by atoms with van der Waals surface area (Å²) in [6.45, 7) is 1.69. The predicted molar refractivity (Wildman–Crippen MR) is 104 cm³/mol. The van der Waals surface area contributed by atoms with Crippen molar-refractivity contribution in [2.75, 3.05) is 3.82 Å². The van der Waals surface area contributed by atoms with Gasteiger partial charge in [-0.3, -0.25) is 0 Å². The van der Waals surface area contributed by atoms with Crippen molar-refractivity contribution >= 4 is 49.9 Å². The van der Waals surface area contributed by atoms with Gasteiger partial charge in [0, 0.05) is 22.2 Å². The predicted octanol–water partition coefficient (Wildman–Crippen LogP) is 4.54. The van der Waals surface area contributed by atoms with Crippen LogP contribution in [-0.2, 0) is 10.0 Å². The molecule has 1 atom stereocenters. The second-order valence-corrected chi connectivity index (χ2v) is 9.06. The van der Waals surface area contributed by atoms with Crippen molar-refractivity contribution in [3.8, 4) is 0 Å². The first kappa shape index (κ1) is 19.1. The maximum Gasteiger partial charge on any atom is 0.280 e. The van der Waals surface area contributed by atoms with Crippen molar-refractivity contribution in [3.63, 3.8) is 0 Å². The average Bonchev–Trinajstić information content (AvgIpc) is 3.10. The number of benzene rings is 2. The Kier molecular flexibility index (Phi) is 5.55. The minimum Gasteiger partial charge on any atom is -0.382 e. The summed E-state index contributed by atoms with van der Waals surface area (Å²) >= 11 is 13.0. The summed E-state index contributed by atoms with van der Waals surface area (Å²) in [6.07, 6.45) is -1.04. The number of hydrogen-bond donors (Lipinski definition) is 1. The fraction of sp³-hybridized carbons (Fsp3) is 0.118. The van der Waals surface area contributed by atoms with Crippen LogP contribution in [-0.4, -0.2) is 18.5 Å². The first-order chi connectivity index (χ1) is 12.3. The molecular weight excluding hydrogens is 415 g/mol. The number of aryl methyl sites for hydroxylation is 1.